The third-order valence-electron chi connectivity index (χ3n) is 4.68. The number of nitrogens with one attached hydrogen (secondary N) is 1. The molecule has 1 aromatic heterocycles. The number of ether oxygens (including phenoxy) is 1. The molecule has 0 unspecified atom stereocenters. The molecule has 2 heterocycles. The summed E-state index contributed by atoms with van der Waals surface area (Å²) >= 11 is 0. The van der Waals surface area contributed by atoms with Gasteiger partial charge in [0.2, 0.25) is 15.0 Å². The summed E-state index contributed by atoms with van der Waals surface area (Å²) in [4.78, 5) is 17.4. The van der Waals surface area contributed by atoms with Gasteiger partial charge in [-0.05, 0) is 43.3 Å². The van der Waals surface area contributed by atoms with E-state index in [9.17, 15) is 13.2 Å². The Labute approximate surface area is 162 Å². The predicted molar refractivity (Wildman–Crippen MR) is 105 cm³/mol. The minimum atomic E-state index is -3.49. The number of carbonyl (C=O) groups is 1. The maximum absolute atomic E-state index is 13.1. The molecule has 0 aliphatic carbocycles. The highest BCUT2D eigenvalue weighted by atomic mass is 32.2. The minimum absolute atomic E-state index is 0.0525. The summed E-state index contributed by atoms with van der Waals surface area (Å²) in [5.74, 6) is 0.211. The van der Waals surface area contributed by atoms with Crippen molar-refractivity contribution in [1.82, 2.24) is 9.55 Å². The van der Waals surface area contributed by atoms with Gasteiger partial charge in [0.15, 0.2) is 0 Å². The molecule has 0 radical (unpaired) electrons. The van der Waals surface area contributed by atoms with Crippen LogP contribution in [0, 0.1) is 6.92 Å². The second-order valence-electron chi connectivity index (χ2n) is 6.61. The maximum Gasteiger partial charge on any atom is 0.274 e. The number of anilines is 1. The van der Waals surface area contributed by atoms with Gasteiger partial charge >= 0.3 is 0 Å². The zero-order valence-electron chi connectivity index (χ0n) is 15.5. The second-order valence-corrected chi connectivity index (χ2v) is 8.61. The van der Waals surface area contributed by atoms with Crippen molar-refractivity contribution >= 4 is 21.4 Å². The number of rotatable bonds is 4. The van der Waals surface area contributed by atoms with Crippen LogP contribution < -0.4 is 10.1 Å². The smallest absolute Gasteiger partial charge is 0.274 e. The topological polar surface area (TPSA) is 90.3 Å². The van der Waals surface area contributed by atoms with Crippen LogP contribution in [0.1, 0.15) is 16.1 Å². The fourth-order valence-corrected chi connectivity index (χ4v) is 4.54. The van der Waals surface area contributed by atoms with Crippen LogP contribution in [-0.4, -0.2) is 36.7 Å². The van der Waals surface area contributed by atoms with E-state index in [1.54, 1.807) is 43.5 Å². The van der Waals surface area contributed by atoms with Crippen LogP contribution in [0.25, 0.3) is 11.3 Å². The Kier molecular flexibility index (Phi) is 4.43. The lowest BCUT2D eigenvalue weighted by Gasteiger charge is -2.09. The SMILES string of the molecule is COc1ccc(-c2nc3n(c2C(=O)Nc2ccc(C)cc2)CCS3(=O)=O)cc1. The summed E-state index contributed by atoms with van der Waals surface area (Å²) in [5.41, 5.74) is 2.93. The number of amides is 1. The zero-order chi connectivity index (χ0) is 19.9. The standard InChI is InChI=1S/C20H19N3O4S/c1-13-3-7-15(8-4-13)21-19(24)18-17(14-5-9-16(27-2)10-6-14)22-20-23(18)11-12-28(20,25)26/h3-10H,11-12H2,1-2H3,(H,21,24). The molecule has 1 amide bonds. The molecule has 0 saturated heterocycles. The molecule has 1 N–H and O–H groups in total. The van der Waals surface area contributed by atoms with E-state index in [-0.39, 0.29) is 23.1 Å². The highest BCUT2D eigenvalue weighted by Crippen LogP contribution is 2.31. The molecule has 0 bridgehead atoms. The lowest BCUT2D eigenvalue weighted by Crippen LogP contribution is -2.17. The van der Waals surface area contributed by atoms with E-state index < -0.39 is 15.7 Å². The molecule has 0 fully saturated rings. The van der Waals surface area contributed by atoms with Gasteiger partial charge in [0, 0.05) is 17.8 Å². The number of aromatic nitrogens is 2. The van der Waals surface area contributed by atoms with Crippen molar-refractivity contribution in [3.05, 3.63) is 59.8 Å². The molecule has 28 heavy (non-hydrogen) atoms. The molecule has 0 saturated carbocycles. The van der Waals surface area contributed by atoms with Crippen LogP contribution in [0.4, 0.5) is 5.69 Å². The monoisotopic (exact) mass is 397 g/mol. The number of imidazole rings is 1. The van der Waals surface area contributed by atoms with Crippen LogP contribution in [0.3, 0.4) is 0 Å². The Hall–Kier alpha value is -3.13. The van der Waals surface area contributed by atoms with E-state index in [0.29, 0.717) is 22.7 Å². The average molecular weight is 397 g/mol. The second kappa shape index (κ2) is 6.79. The molecular weight excluding hydrogens is 378 g/mol. The Balaban J connectivity index is 1.80. The van der Waals surface area contributed by atoms with E-state index in [2.05, 4.69) is 10.3 Å². The number of sulfone groups is 1. The van der Waals surface area contributed by atoms with Crippen LogP contribution in [-0.2, 0) is 16.4 Å². The maximum atomic E-state index is 13.1. The lowest BCUT2D eigenvalue weighted by atomic mass is 10.1. The fourth-order valence-electron chi connectivity index (χ4n) is 3.19. The van der Waals surface area contributed by atoms with Gasteiger partial charge in [-0.25, -0.2) is 13.4 Å². The molecule has 0 spiro atoms. The largest absolute Gasteiger partial charge is 0.497 e. The molecule has 144 valence electrons. The number of methoxy groups -OCH3 is 1. The fraction of sp³-hybridized carbons (Fsp3) is 0.200. The summed E-state index contributed by atoms with van der Waals surface area (Å²) < 4.78 is 31.3. The first-order chi connectivity index (χ1) is 13.4. The molecule has 7 nitrogen and oxygen atoms in total. The number of carbonyl (C=O) groups excluding carboxylic acids is 1. The Bertz CT molecular complexity index is 1150. The first kappa shape index (κ1) is 18.2. The number of fused-ring (bicyclic) bond motifs is 1. The number of benzene rings is 2. The van der Waals surface area contributed by atoms with Gasteiger partial charge in [-0.3, -0.25) is 4.79 Å². The summed E-state index contributed by atoms with van der Waals surface area (Å²) in [5, 5.41) is 2.78. The van der Waals surface area contributed by atoms with Gasteiger partial charge in [0.25, 0.3) is 5.91 Å². The highest BCUT2D eigenvalue weighted by molar-refractivity contribution is 7.91. The van der Waals surface area contributed by atoms with Crippen LogP contribution in [0.2, 0.25) is 0 Å². The Morgan fingerprint density at radius 2 is 1.79 bits per heavy atom. The van der Waals surface area contributed by atoms with Gasteiger partial charge in [0.05, 0.1) is 12.9 Å². The molecule has 4 rings (SSSR count). The molecule has 0 atom stereocenters. The van der Waals surface area contributed by atoms with Gasteiger partial charge in [-0.2, -0.15) is 0 Å². The van der Waals surface area contributed by atoms with Gasteiger partial charge < -0.3 is 14.6 Å². The average Bonchev–Trinajstić information content (AvgIpc) is 3.21. The molecule has 1 aliphatic rings. The van der Waals surface area contributed by atoms with E-state index in [0.717, 1.165) is 5.56 Å². The van der Waals surface area contributed by atoms with Crippen molar-refractivity contribution in [3.63, 3.8) is 0 Å². The van der Waals surface area contributed by atoms with Crippen molar-refractivity contribution in [2.24, 2.45) is 0 Å². The van der Waals surface area contributed by atoms with Crippen molar-refractivity contribution in [3.8, 4) is 17.0 Å². The van der Waals surface area contributed by atoms with Crippen LogP contribution in [0.15, 0.2) is 53.7 Å². The van der Waals surface area contributed by atoms with Gasteiger partial charge in [-0.1, -0.05) is 17.7 Å². The normalized spacial score (nSPS) is 14.5. The predicted octanol–water partition coefficient (Wildman–Crippen LogP) is 2.91. The van der Waals surface area contributed by atoms with E-state index >= 15 is 0 Å². The molecular formula is C20H19N3O4S. The van der Waals surface area contributed by atoms with Crippen molar-refractivity contribution in [2.45, 2.75) is 18.6 Å². The quantitative estimate of drug-likeness (QED) is 0.731. The lowest BCUT2D eigenvalue weighted by molar-refractivity contribution is 0.101. The third kappa shape index (κ3) is 3.16. The van der Waals surface area contributed by atoms with Crippen molar-refractivity contribution in [1.29, 1.82) is 0 Å². The van der Waals surface area contributed by atoms with Crippen LogP contribution in [0.5, 0.6) is 5.75 Å². The number of aryl methyl sites for hydroxylation is 1. The number of hydrogen-bond acceptors (Lipinski definition) is 5. The Morgan fingerprint density at radius 3 is 2.43 bits per heavy atom. The third-order valence-corrected chi connectivity index (χ3v) is 6.27. The molecule has 3 aromatic rings. The number of hydrogen-bond donors (Lipinski definition) is 1. The van der Waals surface area contributed by atoms with E-state index in [4.69, 9.17) is 4.74 Å². The van der Waals surface area contributed by atoms with Gasteiger partial charge in [0.1, 0.15) is 17.1 Å². The summed E-state index contributed by atoms with van der Waals surface area (Å²) in [6.07, 6.45) is 0. The first-order valence-corrected chi connectivity index (χ1v) is 10.4. The Morgan fingerprint density at radius 1 is 1.11 bits per heavy atom. The zero-order valence-corrected chi connectivity index (χ0v) is 16.3. The van der Waals surface area contributed by atoms with Crippen LogP contribution >= 0.6 is 0 Å². The first-order valence-electron chi connectivity index (χ1n) is 8.75. The molecule has 1 aliphatic heterocycles. The summed E-state index contributed by atoms with van der Waals surface area (Å²) in [7, 11) is -1.93. The van der Waals surface area contributed by atoms with E-state index in [1.807, 2.05) is 19.1 Å². The minimum Gasteiger partial charge on any atom is -0.497 e. The van der Waals surface area contributed by atoms with Crippen molar-refractivity contribution in [2.75, 3.05) is 18.2 Å². The highest BCUT2D eigenvalue weighted by Gasteiger charge is 2.35. The molecule has 8 heteroatoms. The van der Waals surface area contributed by atoms with Crippen molar-refractivity contribution < 1.29 is 17.9 Å². The number of nitrogens with zero attached hydrogens (tertiary/aromatic N) is 2. The summed E-state index contributed by atoms with van der Waals surface area (Å²) in [6.45, 7) is 2.17. The summed E-state index contributed by atoms with van der Waals surface area (Å²) in [6, 6.07) is 14.4. The van der Waals surface area contributed by atoms with Gasteiger partial charge in [-0.15, -0.1) is 0 Å². The van der Waals surface area contributed by atoms with E-state index in [1.165, 1.54) is 4.57 Å². The molecule has 2 aromatic carbocycles.